The molecule has 1 unspecified atom stereocenters. The first kappa shape index (κ1) is 13.4. The van der Waals surface area contributed by atoms with Gasteiger partial charge < -0.3 is 15.5 Å². The predicted octanol–water partition coefficient (Wildman–Crippen LogP) is 3.02. The molecule has 0 bridgehead atoms. The Morgan fingerprint density at radius 3 is 2.37 bits per heavy atom. The molecule has 0 heterocycles. The molecule has 100 valence electrons. The number of hydrogen-bond acceptors (Lipinski definition) is 3. The van der Waals surface area contributed by atoms with Crippen LogP contribution in [0.3, 0.4) is 0 Å². The lowest BCUT2D eigenvalue weighted by Gasteiger charge is -2.30. The molecule has 0 aliphatic heterocycles. The highest BCUT2D eigenvalue weighted by Gasteiger charge is 2.25. The Bertz CT molecular complexity index is 551. The second kappa shape index (κ2) is 5.33. The molecule has 0 aromatic heterocycles. The molecular weight excluding hydrogens is 238 g/mol. The third-order valence-corrected chi connectivity index (χ3v) is 3.26. The van der Waals surface area contributed by atoms with Gasteiger partial charge in [0.05, 0.1) is 12.1 Å². The van der Waals surface area contributed by atoms with Crippen molar-refractivity contribution < 1.29 is 10.2 Å². The third kappa shape index (κ3) is 3.06. The first-order valence-corrected chi connectivity index (χ1v) is 6.29. The summed E-state index contributed by atoms with van der Waals surface area (Å²) in [7, 11) is 0. The molecule has 0 aliphatic carbocycles. The van der Waals surface area contributed by atoms with Gasteiger partial charge in [-0.15, -0.1) is 0 Å². The number of rotatable bonds is 4. The molecule has 0 spiro atoms. The van der Waals surface area contributed by atoms with Crippen LogP contribution in [-0.4, -0.2) is 16.8 Å². The maximum Gasteiger partial charge on any atom is 0.115 e. The van der Waals surface area contributed by atoms with Gasteiger partial charge in [0, 0.05) is 5.69 Å². The molecular formula is C16H19NO2. The van der Waals surface area contributed by atoms with Crippen LogP contribution in [-0.2, 0) is 5.54 Å². The van der Waals surface area contributed by atoms with E-state index in [2.05, 4.69) is 5.32 Å². The van der Waals surface area contributed by atoms with Gasteiger partial charge in [-0.25, -0.2) is 0 Å². The summed E-state index contributed by atoms with van der Waals surface area (Å²) in [5.41, 5.74) is 2.47. The number of nitrogens with one attached hydrogen (secondary N) is 1. The SMILES string of the molecule is Cc1cccc(NC(C)(CO)c2ccc(O)cc2)c1. The second-order valence-corrected chi connectivity index (χ2v) is 5.03. The Kier molecular flexibility index (Phi) is 3.76. The van der Waals surface area contributed by atoms with E-state index in [0.29, 0.717) is 0 Å². The lowest BCUT2D eigenvalue weighted by Crippen LogP contribution is -2.35. The van der Waals surface area contributed by atoms with Crippen molar-refractivity contribution in [1.29, 1.82) is 0 Å². The van der Waals surface area contributed by atoms with Crippen LogP contribution in [0.25, 0.3) is 0 Å². The normalized spacial score (nSPS) is 13.8. The highest BCUT2D eigenvalue weighted by molar-refractivity contribution is 5.50. The molecule has 2 aromatic rings. The highest BCUT2D eigenvalue weighted by Crippen LogP contribution is 2.27. The average molecular weight is 257 g/mol. The Hall–Kier alpha value is -2.00. The summed E-state index contributed by atoms with van der Waals surface area (Å²) < 4.78 is 0. The van der Waals surface area contributed by atoms with Crippen molar-refractivity contribution >= 4 is 5.69 Å². The number of phenolic OH excluding ortho intramolecular Hbond substituents is 1. The zero-order chi connectivity index (χ0) is 13.9. The number of aryl methyl sites for hydroxylation is 1. The van der Waals surface area contributed by atoms with Crippen molar-refractivity contribution in [2.45, 2.75) is 19.4 Å². The molecule has 0 saturated heterocycles. The molecule has 2 aromatic carbocycles. The third-order valence-electron chi connectivity index (χ3n) is 3.26. The van der Waals surface area contributed by atoms with E-state index in [0.717, 1.165) is 16.8 Å². The summed E-state index contributed by atoms with van der Waals surface area (Å²) in [6, 6.07) is 14.9. The van der Waals surface area contributed by atoms with Crippen LogP contribution in [0.2, 0.25) is 0 Å². The molecule has 1 atom stereocenters. The van der Waals surface area contributed by atoms with Crippen molar-refractivity contribution in [1.82, 2.24) is 0 Å². The van der Waals surface area contributed by atoms with Crippen LogP contribution < -0.4 is 5.32 Å². The highest BCUT2D eigenvalue weighted by atomic mass is 16.3. The molecule has 3 heteroatoms. The predicted molar refractivity (Wildman–Crippen MR) is 77.3 cm³/mol. The fourth-order valence-corrected chi connectivity index (χ4v) is 2.07. The van der Waals surface area contributed by atoms with Gasteiger partial charge in [-0.2, -0.15) is 0 Å². The number of hydrogen-bond donors (Lipinski definition) is 3. The molecule has 3 N–H and O–H groups in total. The van der Waals surface area contributed by atoms with Crippen molar-refractivity contribution in [2.75, 3.05) is 11.9 Å². The van der Waals surface area contributed by atoms with E-state index in [9.17, 15) is 10.2 Å². The topological polar surface area (TPSA) is 52.5 Å². The van der Waals surface area contributed by atoms with Gasteiger partial charge in [0.1, 0.15) is 5.75 Å². The standard InChI is InChI=1S/C16H19NO2/c1-12-4-3-5-14(10-12)17-16(2,11-18)13-6-8-15(19)9-7-13/h3-10,17-19H,11H2,1-2H3. The summed E-state index contributed by atoms with van der Waals surface area (Å²) in [6.07, 6.45) is 0. The molecule has 2 rings (SSSR count). The molecule has 3 nitrogen and oxygen atoms in total. The van der Waals surface area contributed by atoms with Gasteiger partial charge in [-0.05, 0) is 49.2 Å². The van der Waals surface area contributed by atoms with E-state index in [1.165, 1.54) is 0 Å². The number of phenols is 1. The number of anilines is 1. The van der Waals surface area contributed by atoms with Crippen LogP contribution in [0, 0.1) is 6.92 Å². The fourth-order valence-electron chi connectivity index (χ4n) is 2.07. The molecule has 0 amide bonds. The van der Waals surface area contributed by atoms with Gasteiger partial charge in [0.2, 0.25) is 0 Å². The Balaban J connectivity index is 2.29. The number of aliphatic hydroxyl groups is 1. The smallest absolute Gasteiger partial charge is 0.115 e. The van der Waals surface area contributed by atoms with Crippen molar-refractivity contribution in [3.05, 3.63) is 59.7 Å². The van der Waals surface area contributed by atoms with Crippen LogP contribution in [0.5, 0.6) is 5.75 Å². The minimum absolute atomic E-state index is 0.0360. The number of benzene rings is 2. The van der Waals surface area contributed by atoms with Gasteiger partial charge >= 0.3 is 0 Å². The summed E-state index contributed by atoms with van der Waals surface area (Å²) in [4.78, 5) is 0. The zero-order valence-corrected chi connectivity index (χ0v) is 11.2. The average Bonchev–Trinajstić information content (AvgIpc) is 2.39. The van der Waals surface area contributed by atoms with Crippen LogP contribution in [0.1, 0.15) is 18.1 Å². The minimum Gasteiger partial charge on any atom is -0.508 e. The largest absolute Gasteiger partial charge is 0.508 e. The lowest BCUT2D eigenvalue weighted by molar-refractivity contribution is 0.224. The van der Waals surface area contributed by atoms with E-state index in [1.807, 2.05) is 50.2 Å². The van der Waals surface area contributed by atoms with Crippen molar-refractivity contribution in [3.8, 4) is 5.75 Å². The van der Waals surface area contributed by atoms with Crippen molar-refractivity contribution in [3.63, 3.8) is 0 Å². The molecule has 0 radical (unpaired) electrons. The molecule has 0 fully saturated rings. The maximum absolute atomic E-state index is 9.71. The number of aliphatic hydroxyl groups excluding tert-OH is 1. The summed E-state index contributed by atoms with van der Waals surface area (Å²) >= 11 is 0. The van der Waals surface area contributed by atoms with Crippen LogP contribution in [0.4, 0.5) is 5.69 Å². The summed E-state index contributed by atoms with van der Waals surface area (Å²) in [6.45, 7) is 3.93. The zero-order valence-electron chi connectivity index (χ0n) is 11.2. The van der Waals surface area contributed by atoms with Crippen LogP contribution in [0.15, 0.2) is 48.5 Å². The monoisotopic (exact) mass is 257 g/mol. The molecule has 19 heavy (non-hydrogen) atoms. The van der Waals surface area contributed by atoms with Crippen molar-refractivity contribution in [2.24, 2.45) is 0 Å². The first-order chi connectivity index (χ1) is 9.03. The van der Waals surface area contributed by atoms with E-state index >= 15 is 0 Å². The quantitative estimate of drug-likeness (QED) is 0.789. The number of aromatic hydroxyl groups is 1. The van der Waals surface area contributed by atoms with Gasteiger partial charge in [0.15, 0.2) is 0 Å². The van der Waals surface area contributed by atoms with Crippen LogP contribution >= 0.6 is 0 Å². The molecule has 0 saturated carbocycles. The summed E-state index contributed by atoms with van der Waals surface area (Å²) in [5, 5.41) is 22.4. The van der Waals surface area contributed by atoms with Gasteiger partial charge in [-0.1, -0.05) is 24.3 Å². The Labute approximate surface area is 113 Å². The first-order valence-electron chi connectivity index (χ1n) is 6.29. The summed E-state index contributed by atoms with van der Waals surface area (Å²) in [5.74, 6) is 0.222. The molecule has 0 aliphatic rings. The van der Waals surface area contributed by atoms with Gasteiger partial charge in [0.25, 0.3) is 0 Å². The van der Waals surface area contributed by atoms with E-state index < -0.39 is 5.54 Å². The second-order valence-electron chi connectivity index (χ2n) is 5.03. The van der Waals surface area contributed by atoms with Gasteiger partial charge in [-0.3, -0.25) is 0 Å². The van der Waals surface area contributed by atoms with E-state index in [4.69, 9.17) is 0 Å². The van der Waals surface area contributed by atoms with E-state index in [1.54, 1.807) is 12.1 Å². The van der Waals surface area contributed by atoms with E-state index in [-0.39, 0.29) is 12.4 Å². The Morgan fingerprint density at radius 2 is 1.79 bits per heavy atom. The Morgan fingerprint density at radius 1 is 1.11 bits per heavy atom. The minimum atomic E-state index is -0.582. The lowest BCUT2D eigenvalue weighted by atomic mass is 9.92. The fraction of sp³-hybridized carbons (Fsp3) is 0.250. The maximum atomic E-state index is 9.71.